The fraction of sp³-hybridized carbons (Fsp3) is 0.240. The molecule has 5 rings (SSSR count). The van der Waals surface area contributed by atoms with Crippen LogP contribution in [0.1, 0.15) is 28.8 Å². The molecular weight excluding hydrogens is 512 g/mol. The molecule has 8 heteroatoms. The lowest BCUT2D eigenvalue weighted by atomic mass is 9.89. The highest BCUT2D eigenvalue weighted by atomic mass is 79.9. The molecule has 0 aliphatic carbocycles. The maximum Gasteiger partial charge on any atom is 0.262 e. The molecule has 1 fully saturated rings. The van der Waals surface area contributed by atoms with Gasteiger partial charge in [0, 0.05) is 53.3 Å². The van der Waals surface area contributed by atoms with E-state index in [1.54, 1.807) is 18.2 Å². The first-order valence-corrected chi connectivity index (χ1v) is 11.9. The molecule has 1 N–H and O–H groups in total. The summed E-state index contributed by atoms with van der Waals surface area (Å²) >= 11 is 9.60. The number of carbonyl (C=O) groups is 1. The lowest BCUT2D eigenvalue weighted by Crippen LogP contribution is -2.64. The zero-order valence-corrected chi connectivity index (χ0v) is 20.0. The minimum Gasteiger partial charge on any atom is -0.362 e. The molecule has 1 spiro atoms. The van der Waals surface area contributed by atoms with Crippen molar-refractivity contribution < 1.29 is 13.6 Å². The number of nitrogens with one attached hydrogen (secondary N) is 1. The standard InChI is InChI=1S/C25H21BrClF2N3O/c26-17-2-7-20-23(14-17)30-25(32(24(20)33)19-5-3-18(27)4-6-19)9-11-31(12-10-25)15-16-1-8-21(28)22(29)13-16/h1-8,13-14,30H,9-12,15H2. The monoisotopic (exact) mass is 531 g/mol. The number of piperidine rings is 1. The van der Waals surface area contributed by atoms with Crippen LogP contribution in [-0.4, -0.2) is 29.6 Å². The summed E-state index contributed by atoms with van der Waals surface area (Å²) in [6, 6.07) is 16.9. The van der Waals surface area contributed by atoms with Crippen LogP contribution in [0.5, 0.6) is 0 Å². The zero-order chi connectivity index (χ0) is 23.2. The van der Waals surface area contributed by atoms with Crippen molar-refractivity contribution in [3.63, 3.8) is 0 Å². The van der Waals surface area contributed by atoms with Crippen LogP contribution in [0.3, 0.4) is 0 Å². The number of rotatable bonds is 3. The molecule has 1 saturated heterocycles. The molecule has 3 aromatic rings. The van der Waals surface area contributed by atoms with E-state index in [9.17, 15) is 13.6 Å². The van der Waals surface area contributed by atoms with Gasteiger partial charge in [-0.15, -0.1) is 0 Å². The fourth-order valence-corrected chi connectivity index (χ4v) is 5.20. The topological polar surface area (TPSA) is 35.6 Å². The number of likely N-dealkylation sites (tertiary alicyclic amines) is 1. The fourth-order valence-electron chi connectivity index (χ4n) is 4.71. The van der Waals surface area contributed by atoms with Gasteiger partial charge in [-0.25, -0.2) is 8.78 Å². The number of benzene rings is 3. The van der Waals surface area contributed by atoms with E-state index in [4.69, 9.17) is 11.6 Å². The van der Waals surface area contributed by atoms with E-state index in [-0.39, 0.29) is 5.91 Å². The summed E-state index contributed by atoms with van der Waals surface area (Å²) in [5, 5.41) is 4.26. The van der Waals surface area contributed by atoms with Crippen molar-refractivity contribution in [1.82, 2.24) is 4.90 Å². The van der Waals surface area contributed by atoms with Gasteiger partial charge in [-0.05, 0) is 60.2 Å². The molecule has 0 radical (unpaired) electrons. The molecule has 3 aromatic carbocycles. The molecule has 4 nitrogen and oxygen atoms in total. The summed E-state index contributed by atoms with van der Waals surface area (Å²) in [5.41, 5.74) is 2.31. The molecule has 0 aromatic heterocycles. The van der Waals surface area contributed by atoms with Gasteiger partial charge >= 0.3 is 0 Å². The summed E-state index contributed by atoms with van der Waals surface area (Å²) in [7, 11) is 0. The molecule has 2 aliphatic heterocycles. The van der Waals surface area contributed by atoms with Gasteiger partial charge in [0.2, 0.25) is 0 Å². The maximum absolute atomic E-state index is 13.7. The van der Waals surface area contributed by atoms with Gasteiger partial charge in [0.1, 0.15) is 5.66 Å². The first-order chi connectivity index (χ1) is 15.8. The number of halogens is 4. The number of nitrogens with zero attached hydrogens (tertiary/aromatic N) is 2. The molecule has 2 aliphatic rings. The average Bonchev–Trinajstić information content (AvgIpc) is 2.79. The Balaban J connectivity index is 1.44. The van der Waals surface area contributed by atoms with Crippen molar-refractivity contribution in [1.29, 1.82) is 0 Å². The Bertz CT molecular complexity index is 1210. The first kappa shape index (κ1) is 22.3. The minimum absolute atomic E-state index is 0.0624. The van der Waals surface area contributed by atoms with Crippen molar-refractivity contribution in [3.8, 4) is 0 Å². The number of amides is 1. The van der Waals surface area contributed by atoms with Gasteiger partial charge in [0.15, 0.2) is 11.6 Å². The smallest absolute Gasteiger partial charge is 0.262 e. The normalized spacial score (nSPS) is 17.7. The second-order valence-electron chi connectivity index (χ2n) is 8.49. The highest BCUT2D eigenvalue weighted by molar-refractivity contribution is 9.10. The Morgan fingerprint density at radius 3 is 2.39 bits per heavy atom. The van der Waals surface area contributed by atoms with E-state index in [0.717, 1.165) is 27.5 Å². The third kappa shape index (κ3) is 4.25. The van der Waals surface area contributed by atoms with E-state index >= 15 is 0 Å². The minimum atomic E-state index is -0.843. The lowest BCUT2D eigenvalue weighted by Gasteiger charge is -2.52. The van der Waals surface area contributed by atoms with Crippen molar-refractivity contribution in [3.05, 3.63) is 92.9 Å². The number of hydrogen-bond acceptors (Lipinski definition) is 3. The highest BCUT2D eigenvalue weighted by Gasteiger charge is 2.47. The van der Waals surface area contributed by atoms with Gasteiger partial charge in [-0.3, -0.25) is 14.6 Å². The molecule has 0 bridgehead atoms. The Morgan fingerprint density at radius 2 is 1.70 bits per heavy atom. The van der Waals surface area contributed by atoms with Crippen LogP contribution in [0.15, 0.2) is 65.1 Å². The Kier molecular flexibility index (Phi) is 5.89. The third-order valence-electron chi connectivity index (χ3n) is 6.37. The van der Waals surface area contributed by atoms with E-state index < -0.39 is 17.3 Å². The maximum atomic E-state index is 13.7. The molecule has 0 atom stereocenters. The van der Waals surface area contributed by atoms with E-state index in [0.29, 0.717) is 43.1 Å². The van der Waals surface area contributed by atoms with Gasteiger partial charge in [0.05, 0.1) is 5.56 Å². The number of hydrogen-bond donors (Lipinski definition) is 1. The molecule has 0 unspecified atom stereocenters. The van der Waals surface area contributed by atoms with Gasteiger partial charge < -0.3 is 5.32 Å². The van der Waals surface area contributed by atoms with Gasteiger partial charge in [-0.2, -0.15) is 0 Å². The summed E-state index contributed by atoms with van der Waals surface area (Å²) in [6.07, 6.45) is 1.33. The summed E-state index contributed by atoms with van der Waals surface area (Å²) < 4.78 is 27.8. The van der Waals surface area contributed by atoms with Crippen molar-refractivity contribution in [2.45, 2.75) is 25.0 Å². The van der Waals surface area contributed by atoms with Crippen LogP contribution in [0.2, 0.25) is 5.02 Å². The SMILES string of the molecule is O=C1c2ccc(Br)cc2NC2(CCN(Cc3ccc(F)c(F)c3)CC2)N1c1ccc(Cl)cc1. The number of carbonyl (C=O) groups excluding carboxylic acids is 1. The number of fused-ring (bicyclic) bond motifs is 1. The molecule has 170 valence electrons. The highest BCUT2D eigenvalue weighted by Crippen LogP contribution is 2.42. The van der Waals surface area contributed by atoms with Crippen molar-refractivity contribution in [2.75, 3.05) is 23.3 Å². The molecule has 2 heterocycles. The second kappa shape index (κ2) is 8.70. The van der Waals surface area contributed by atoms with Gasteiger partial charge in [0.25, 0.3) is 5.91 Å². The van der Waals surface area contributed by atoms with Crippen molar-refractivity contribution in [2.24, 2.45) is 0 Å². The quantitative estimate of drug-likeness (QED) is 0.421. The molecule has 0 saturated carbocycles. The molecule has 33 heavy (non-hydrogen) atoms. The Morgan fingerprint density at radius 1 is 0.970 bits per heavy atom. The summed E-state index contributed by atoms with van der Waals surface area (Å²) in [4.78, 5) is 17.7. The lowest BCUT2D eigenvalue weighted by molar-refractivity contribution is 0.0904. The predicted molar refractivity (Wildman–Crippen MR) is 130 cm³/mol. The van der Waals surface area contributed by atoms with Crippen LogP contribution >= 0.6 is 27.5 Å². The molecule has 1 amide bonds. The van der Waals surface area contributed by atoms with Crippen LogP contribution < -0.4 is 10.2 Å². The van der Waals surface area contributed by atoms with E-state index in [2.05, 4.69) is 26.1 Å². The van der Waals surface area contributed by atoms with E-state index in [1.807, 2.05) is 35.2 Å². The van der Waals surface area contributed by atoms with Gasteiger partial charge in [-0.1, -0.05) is 33.6 Å². The Labute approximate surface area is 204 Å². The third-order valence-corrected chi connectivity index (χ3v) is 7.11. The van der Waals surface area contributed by atoms with Crippen LogP contribution in [0, 0.1) is 11.6 Å². The summed E-state index contributed by atoms with van der Waals surface area (Å²) in [6.45, 7) is 1.89. The predicted octanol–water partition coefficient (Wildman–Crippen LogP) is 6.45. The van der Waals surface area contributed by atoms with Crippen LogP contribution in [0.4, 0.5) is 20.2 Å². The molecular formula is C25H21BrClF2N3O. The second-order valence-corrected chi connectivity index (χ2v) is 9.84. The van der Waals surface area contributed by atoms with Crippen LogP contribution in [0.25, 0.3) is 0 Å². The Hall–Kier alpha value is -2.48. The van der Waals surface area contributed by atoms with Crippen molar-refractivity contribution >= 4 is 44.8 Å². The average molecular weight is 533 g/mol. The van der Waals surface area contributed by atoms with E-state index in [1.165, 1.54) is 6.07 Å². The van der Waals surface area contributed by atoms with Crippen LogP contribution in [-0.2, 0) is 6.54 Å². The largest absolute Gasteiger partial charge is 0.362 e. The first-order valence-electron chi connectivity index (χ1n) is 10.7. The number of anilines is 2. The zero-order valence-electron chi connectivity index (χ0n) is 17.6. The summed E-state index contributed by atoms with van der Waals surface area (Å²) in [5.74, 6) is -1.74.